The molecule has 0 radical (unpaired) electrons. The van der Waals surface area contributed by atoms with Crippen LogP contribution in [0, 0.1) is 6.92 Å². The number of pyridine rings is 1. The molecule has 5 nitrogen and oxygen atoms in total. The Bertz CT molecular complexity index is 655. The lowest BCUT2D eigenvalue weighted by atomic mass is 10.2. The summed E-state index contributed by atoms with van der Waals surface area (Å²) in [5.74, 6) is 0.986. The molecule has 0 amide bonds. The SMILES string of the molecule is Cc1ccc(NC(N)=NCc2ccc(OC(C)(C)C)nc2)cc1. The van der Waals surface area contributed by atoms with Gasteiger partial charge < -0.3 is 15.8 Å². The maximum Gasteiger partial charge on any atom is 0.213 e. The van der Waals surface area contributed by atoms with Crippen LogP contribution in [0.3, 0.4) is 0 Å². The highest BCUT2D eigenvalue weighted by Crippen LogP contribution is 2.15. The fourth-order valence-electron chi connectivity index (χ4n) is 1.88. The smallest absolute Gasteiger partial charge is 0.213 e. The van der Waals surface area contributed by atoms with Gasteiger partial charge in [0.15, 0.2) is 5.96 Å². The molecular formula is C18H24N4O. The van der Waals surface area contributed by atoms with E-state index in [4.69, 9.17) is 10.5 Å². The number of aryl methyl sites for hydroxylation is 1. The van der Waals surface area contributed by atoms with Crippen molar-refractivity contribution in [3.8, 4) is 5.88 Å². The topological polar surface area (TPSA) is 72.5 Å². The number of hydrogen-bond donors (Lipinski definition) is 2. The van der Waals surface area contributed by atoms with E-state index in [-0.39, 0.29) is 5.60 Å². The number of ether oxygens (including phenoxy) is 1. The number of rotatable bonds is 4. The zero-order chi connectivity index (χ0) is 16.9. The zero-order valence-corrected chi connectivity index (χ0v) is 14.1. The molecule has 1 heterocycles. The Labute approximate surface area is 137 Å². The molecule has 0 aliphatic rings. The molecule has 23 heavy (non-hydrogen) atoms. The molecule has 3 N–H and O–H groups in total. The molecule has 0 fully saturated rings. The minimum absolute atomic E-state index is 0.255. The number of anilines is 1. The zero-order valence-electron chi connectivity index (χ0n) is 14.1. The molecule has 5 heteroatoms. The highest BCUT2D eigenvalue weighted by atomic mass is 16.5. The van der Waals surface area contributed by atoms with E-state index in [0.29, 0.717) is 18.4 Å². The Morgan fingerprint density at radius 1 is 1.17 bits per heavy atom. The van der Waals surface area contributed by atoms with Crippen LogP contribution in [0.4, 0.5) is 5.69 Å². The fraction of sp³-hybridized carbons (Fsp3) is 0.333. The minimum atomic E-state index is -0.255. The molecule has 0 unspecified atom stereocenters. The molecule has 2 aromatic rings. The molecular weight excluding hydrogens is 288 g/mol. The van der Waals surface area contributed by atoms with Gasteiger partial charge in [0, 0.05) is 18.0 Å². The molecule has 0 saturated carbocycles. The van der Waals surface area contributed by atoms with Gasteiger partial charge in [-0.2, -0.15) is 0 Å². The third kappa shape index (κ3) is 5.98. The summed E-state index contributed by atoms with van der Waals surface area (Å²) < 4.78 is 5.69. The average molecular weight is 312 g/mol. The molecule has 0 saturated heterocycles. The molecule has 2 rings (SSSR count). The van der Waals surface area contributed by atoms with Crippen molar-refractivity contribution in [2.24, 2.45) is 10.7 Å². The third-order valence-electron chi connectivity index (χ3n) is 2.96. The van der Waals surface area contributed by atoms with Crippen LogP contribution in [0.25, 0.3) is 0 Å². The largest absolute Gasteiger partial charge is 0.472 e. The van der Waals surface area contributed by atoms with E-state index < -0.39 is 0 Å². The van der Waals surface area contributed by atoms with Gasteiger partial charge in [-0.3, -0.25) is 0 Å². The van der Waals surface area contributed by atoms with Crippen LogP contribution < -0.4 is 15.8 Å². The summed E-state index contributed by atoms with van der Waals surface area (Å²) in [7, 11) is 0. The predicted octanol–water partition coefficient (Wildman–Crippen LogP) is 3.49. The van der Waals surface area contributed by atoms with E-state index in [1.807, 2.05) is 64.1 Å². The maximum absolute atomic E-state index is 5.90. The number of guanidine groups is 1. The Morgan fingerprint density at radius 2 is 1.87 bits per heavy atom. The van der Waals surface area contributed by atoms with Crippen molar-refractivity contribution in [2.45, 2.75) is 39.8 Å². The monoisotopic (exact) mass is 312 g/mol. The van der Waals surface area contributed by atoms with Crippen LogP contribution in [0.15, 0.2) is 47.6 Å². The van der Waals surface area contributed by atoms with E-state index in [1.54, 1.807) is 6.20 Å². The summed E-state index contributed by atoms with van der Waals surface area (Å²) >= 11 is 0. The first-order chi connectivity index (χ1) is 10.8. The first-order valence-corrected chi connectivity index (χ1v) is 7.59. The van der Waals surface area contributed by atoms with Crippen LogP contribution in [0.1, 0.15) is 31.9 Å². The van der Waals surface area contributed by atoms with Gasteiger partial charge in [-0.1, -0.05) is 23.8 Å². The van der Waals surface area contributed by atoms with E-state index >= 15 is 0 Å². The summed E-state index contributed by atoms with van der Waals surface area (Å²) in [6, 6.07) is 11.8. The van der Waals surface area contributed by atoms with Gasteiger partial charge in [0.1, 0.15) is 5.60 Å². The summed E-state index contributed by atoms with van der Waals surface area (Å²) in [4.78, 5) is 8.60. The molecule has 0 aliphatic carbocycles. The lowest BCUT2D eigenvalue weighted by Gasteiger charge is -2.20. The summed E-state index contributed by atoms with van der Waals surface area (Å²) in [6.45, 7) is 8.48. The van der Waals surface area contributed by atoms with Crippen LogP contribution in [-0.4, -0.2) is 16.5 Å². The Hall–Kier alpha value is -2.56. The van der Waals surface area contributed by atoms with Gasteiger partial charge in [0.05, 0.1) is 6.54 Å². The van der Waals surface area contributed by atoms with Crippen molar-refractivity contribution in [1.82, 2.24) is 4.98 Å². The second kappa shape index (κ2) is 7.13. The summed E-state index contributed by atoms with van der Waals surface area (Å²) in [6.07, 6.45) is 1.75. The number of nitrogens with zero attached hydrogens (tertiary/aromatic N) is 2. The van der Waals surface area contributed by atoms with Gasteiger partial charge >= 0.3 is 0 Å². The van der Waals surface area contributed by atoms with E-state index in [9.17, 15) is 0 Å². The van der Waals surface area contributed by atoms with Crippen LogP contribution in [0.5, 0.6) is 5.88 Å². The van der Waals surface area contributed by atoms with Crippen molar-refractivity contribution in [3.63, 3.8) is 0 Å². The third-order valence-corrected chi connectivity index (χ3v) is 2.96. The molecule has 122 valence electrons. The number of nitrogens with one attached hydrogen (secondary N) is 1. The number of benzene rings is 1. The first-order valence-electron chi connectivity index (χ1n) is 7.59. The molecule has 1 aromatic heterocycles. The molecule has 1 aromatic carbocycles. The Balaban J connectivity index is 1.92. The Morgan fingerprint density at radius 3 is 2.43 bits per heavy atom. The van der Waals surface area contributed by atoms with Crippen LogP contribution in [0.2, 0.25) is 0 Å². The van der Waals surface area contributed by atoms with E-state index in [1.165, 1.54) is 5.56 Å². The highest BCUT2D eigenvalue weighted by Gasteiger charge is 2.12. The molecule has 0 spiro atoms. The number of hydrogen-bond acceptors (Lipinski definition) is 3. The van der Waals surface area contributed by atoms with E-state index in [0.717, 1.165) is 11.3 Å². The number of nitrogens with two attached hydrogens (primary N) is 1. The van der Waals surface area contributed by atoms with Crippen LogP contribution in [-0.2, 0) is 6.54 Å². The molecule has 0 aliphatic heterocycles. The van der Waals surface area contributed by atoms with Gasteiger partial charge in [0.2, 0.25) is 5.88 Å². The summed E-state index contributed by atoms with van der Waals surface area (Å²) in [5, 5.41) is 3.06. The second-order valence-electron chi connectivity index (χ2n) is 6.41. The lowest BCUT2D eigenvalue weighted by Crippen LogP contribution is -2.23. The lowest BCUT2D eigenvalue weighted by molar-refractivity contribution is 0.124. The standard InChI is InChI=1S/C18H24N4O/c1-13-5-8-15(9-6-13)22-17(19)21-12-14-7-10-16(20-11-14)23-18(2,3)4/h5-11H,12H2,1-4H3,(H3,19,21,22). The fourth-order valence-corrected chi connectivity index (χ4v) is 1.88. The van der Waals surface area contributed by atoms with Gasteiger partial charge in [0.25, 0.3) is 0 Å². The maximum atomic E-state index is 5.90. The molecule has 0 bridgehead atoms. The normalized spacial score (nSPS) is 12.1. The van der Waals surface area contributed by atoms with Crippen molar-refractivity contribution < 1.29 is 4.74 Å². The van der Waals surface area contributed by atoms with Crippen molar-refractivity contribution in [3.05, 3.63) is 53.7 Å². The second-order valence-corrected chi connectivity index (χ2v) is 6.41. The number of aliphatic imine (C=N–C) groups is 1. The first kappa shape index (κ1) is 16.8. The average Bonchev–Trinajstić information content (AvgIpc) is 2.47. The minimum Gasteiger partial charge on any atom is -0.472 e. The highest BCUT2D eigenvalue weighted by molar-refractivity contribution is 5.92. The van der Waals surface area contributed by atoms with Crippen LogP contribution >= 0.6 is 0 Å². The van der Waals surface area contributed by atoms with Gasteiger partial charge in [-0.15, -0.1) is 0 Å². The molecule has 0 atom stereocenters. The number of aromatic nitrogens is 1. The van der Waals surface area contributed by atoms with Crippen molar-refractivity contribution in [1.29, 1.82) is 0 Å². The van der Waals surface area contributed by atoms with Gasteiger partial charge in [-0.05, 0) is 45.4 Å². The van der Waals surface area contributed by atoms with E-state index in [2.05, 4.69) is 15.3 Å². The quantitative estimate of drug-likeness (QED) is 0.669. The Kier molecular flexibility index (Phi) is 5.21. The van der Waals surface area contributed by atoms with Gasteiger partial charge in [-0.25, -0.2) is 9.98 Å². The van der Waals surface area contributed by atoms with Crippen molar-refractivity contribution >= 4 is 11.6 Å². The van der Waals surface area contributed by atoms with Crippen molar-refractivity contribution in [2.75, 3.05) is 5.32 Å². The predicted molar refractivity (Wildman–Crippen MR) is 94.7 cm³/mol. The summed E-state index contributed by atoms with van der Waals surface area (Å²) in [5.41, 5.74) is 8.74.